The number of hydrogen-bond donors (Lipinski definition) is 1. The number of rotatable bonds is 8. The lowest BCUT2D eigenvalue weighted by molar-refractivity contribution is 0.214. The van der Waals surface area contributed by atoms with Gasteiger partial charge in [0.05, 0.1) is 13.2 Å². The summed E-state index contributed by atoms with van der Waals surface area (Å²) in [5, 5.41) is 4.17. The van der Waals surface area contributed by atoms with Gasteiger partial charge < -0.3 is 14.4 Å². The van der Waals surface area contributed by atoms with Crippen molar-refractivity contribution in [3.8, 4) is 0 Å². The zero-order valence-electron chi connectivity index (χ0n) is 13.8. The van der Waals surface area contributed by atoms with E-state index in [1.165, 1.54) is 0 Å². The van der Waals surface area contributed by atoms with Crippen molar-refractivity contribution in [3.05, 3.63) is 62.5 Å². The van der Waals surface area contributed by atoms with E-state index in [0.717, 1.165) is 10.0 Å². The highest BCUT2D eigenvalue weighted by molar-refractivity contribution is 9.10. The van der Waals surface area contributed by atoms with Crippen molar-refractivity contribution < 1.29 is 13.6 Å². The lowest BCUT2D eigenvalue weighted by atomic mass is 10.2. The van der Waals surface area contributed by atoms with Crippen LogP contribution in [0.15, 0.2) is 46.9 Å². The predicted octanol–water partition coefficient (Wildman–Crippen LogP) is 7.13. The van der Waals surface area contributed by atoms with Crippen LogP contribution in [0, 0.1) is 0 Å². The van der Waals surface area contributed by atoms with Crippen LogP contribution in [0.1, 0.15) is 25.2 Å². The highest BCUT2D eigenvalue weighted by Gasteiger charge is 2.37. The van der Waals surface area contributed by atoms with Crippen molar-refractivity contribution in [1.82, 2.24) is 0 Å². The molecule has 2 aromatic carbocycles. The number of nitrogens with one attached hydrogen (secondary N) is 1. The van der Waals surface area contributed by atoms with E-state index in [0.29, 0.717) is 15.7 Å². The van der Waals surface area contributed by atoms with Crippen LogP contribution in [0.25, 0.3) is 0 Å². The van der Waals surface area contributed by atoms with Crippen molar-refractivity contribution in [2.45, 2.75) is 19.6 Å². The second-order valence-corrected chi connectivity index (χ2v) is 9.03. The summed E-state index contributed by atoms with van der Waals surface area (Å²) in [4.78, 5) is 0. The van der Waals surface area contributed by atoms with E-state index in [1.54, 1.807) is 32.0 Å². The summed E-state index contributed by atoms with van der Waals surface area (Å²) in [5.74, 6) is -0.699. The van der Waals surface area contributed by atoms with Crippen molar-refractivity contribution in [2.75, 3.05) is 18.5 Å². The number of anilines is 1. The highest BCUT2D eigenvalue weighted by atomic mass is 79.9. The molecule has 0 aliphatic rings. The van der Waals surface area contributed by atoms with Crippen LogP contribution < -0.4 is 5.32 Å². The number of hydrogen-bond acceptors (Lipinski definition) is 4. The van der Waals surface area contributed by atoms with E-state index < -0.39 is 13.4 Å². The Morgan fingerprint density at radius 2 is 1.56 bits per heavy atom. The molecule has 4 nitrogen and oxygen atoms in total. The summed E-state index contributed by atoms with van der Waals surface area (Å²) in [7, 11) is -3.47. The molecule has 8 heteroatoms. The fourth-order valence-corrected chi connectivity index (χ4v) is 5.06. The third-order valence-corrected chi connectivity index (χ3v) is 6.55. The van der Waals surface area contributed by atoms with Crippen molar-refractivity contribution in [2.24, 2.45) is 0 Å². The molecule has 25 heavy (non-hydrogen) atoms. The monoisotopic (exact) mass is 465 g/mol. The standard InChI is InChI=1S/C17H19BrCl2NO3P/c1-3-23-25(22,24-4-2)17(12-5-7-13(18)8-6-12)21-16-10-14(19)9-15(20)11-16/h5-11,17,21H,3-4H2,1-2H3/t17-/m0/s1. The van der Waals surface area contributed by atoms with Gasteiger partial charge in [0.2, 0.25) is 0 Å². The minimum atomic E-state index is -3.47. The van der Waals surface area contributed by atoms with Gasteiger partial charge >= 0.3 is 7.60 Å². The first-order valence-corrected chi connectivity index (χ1v) is 10.9. The van der Waals surface area contributed by atoms with E-state index in [-0.39, 0.29) is 13.2 Å². The Morgan fingerprint density at radius 1 is 1.04 bits per heavy atom. The second kappa shape index (κ2) is 9.40. The summed E-state index contributed by atoms with van der Waals surface area (Å²) in [6.45, 7) is 4.09. The van der Waals surface area contributed by atoms with Crippen LogP contribution in [0.3, 0.4) is 0 Å². The van der Waals surface area contributed by atoms with E-state index in [9.17, 15) is 4.57 Å². The van der Waals surface area contributed by atoms with Gasteiger partial charge in [-0.15, -0.1) is 0 Å². The van der Waals surface area contributed by atoms with Crippen LogP contribution in [0.4, 0.5) is 5.69 Å². The molecular formula is C17H19BrCl2NO3P. The van der Waals surface area contributed by atoms with Gasteiger partial charge in [-0.2, -0.15) is 0 Å². The maximum Gasteiger partial charge on any atom is 0.357 e. The number of benzene rings is 2. The van der Waals surface area contributed by atoms with E-state index in [4.69, 9.17) is 32.2 Å². The first kappa shape index (κ1) is 20.8. The third-order valence-electron chi connectivity index (χ3n) is 3.29. The lowest BCUT2D eigenvalue weighted by Crippen LogP contribution is -2.15. The summed E-state index contributed by atoms with van der Waals surface area (Å²) in [6.07, 6.45) is 0. The van der Waals surface area contributed by atoms with Gasteiger partial charge in [0.15, 0.2) is 5.78 Å². The minimum Gasteiger partial charge on any atom is -0.368 e. The van der Waals surface area contributed by atoms with Gasteiger partial charge in [-0.25, -0.2) is 0 Å². The highest BCUT2D eigenvalue weighted by Crippen LogP contribution is 2.60. The Kier molecular flexibility index (Phi) is 7.81. The average Bonchev–Trinajstić information content (AvgIpc) is 2.53. The molecule has 0 heterocycles. The molecule has 1 atom stereocenters. The average molecular weight is 467 g/mol. The topological polar surface area (TPSA) is 47.6 Å². The quantitative estimate of drug-likeness (QED) is 0.420. The molecule has 0 saturated carbocycles. The Labute approximate surface area is 166 Å². The summed E-state index contributed by atoms with van der Waals surface area (Å²) < 4.78 is 25.4. The van der Waals surface area contributed by atoms with E-state index in [1.807, 2.05) is 24.3 Å². The predicted molar refractivity (Wildman–Crippen MR) is 108 cm³/mol. The third kappa shape index (κ3) is 5.72. The molecule has 0 radical (unpaired) electrons. The first-order valence-electron chi connectivity index (χ1n) is 7.75. The van der Waals surface area contributed by atoms with Crippen molar-refractivity contribution in [3.63, 3.8) is 0 Å². The smallest absolute Gasteiger partial charge is 0.357 e. The van der Waals surface area contributed by atoms with Gasteiger partial charge in [0.25, 0.3) is 0 Å². The summed E-state index contributed by atoms with van der Waals surface area (Å²) in [6, 6.07) is 12.5. The molecular weight excluding hydrogens is 448 g/mol. The first-order chi connectivity index (χ1) is 11.9. The van der Waals surface area contributed by atoms with Gasteiger partial charge in [-0.05, 0) is 49.7 Å². The fraction of sp³-hybridized carbons (Fsp3) is 0.294. The molecule has 0 saturated heterocycles. The Balaban J connectivity index is 2.47. The zero-order valence-corrected chi connectivity index (χ0v) is 17.8. The summed E-state index contributed by atoms with van der Waals surface area (Å²) >= 11 is 15.6. The lowest BCUT2D eigenvalue weighted by Gasteiger charge is -2.28. The van der Waals surface area contributed by atoms with Crippen LogP contribution >= 0.6 is 46.7 Å². The molecule has 0 spiro atoms. The second-order valence-electron chi connectivity index (χ2n) is 5.13. The molecule has 136 valence electrons. The van der Waals surface area contributed by atoms with Crippen LogP contribution in [0.5, 0.6) is 0 Å². The van der Waals surface area contributed by atoms with Crippen molar-refractivity contribution >= 4 is 52.4 Å². The molecule has 1 N–H and O–H groups in total. The van der Waals surface area contributed by atoms with Gasteiger partial charge in [0.1, 0.15) is 0 Å². The molecule has 0 aromatic heterocycles. The van der Waals surface area contributed by atoms with Gasteiger partial charge in [0, 0.05) is 20.2 Å². The molecule has 0 aliphatic carbocycles. The summed E-state index contributed by atoms with van der Waals surface area (Å²) in [5.41, 5.74) is 1.40. The largest absolute Gasteiger partial charge is 0.368 e. The molecule has 0 fully saturated rings. The Bertz CT molecular complexity index is 728. The van der Waals surface area contributed by atoms with Gasteiger partial charge in [-0.3, -0.25) is 4.57 Å². The number of halogens is 3. The van der Waals surface area contributed by atoms with E-state index in [2.05, 4.69) is 21.2 Å². The maximum atomic E-state index is 13.4. The Morgan fingerprint density at radius 3 is 2.04 bits per heavy atom. The fourth-order valence-electron chi connectivity index (χ4n) is 2.33. The molecule has 2 aromatic rings. The Hall–Kier alpha value is -0.550. The van der Waals surface area contributed by atoms with Crippen LogP contribution in [-0.2, 0) is 13.6 Å². The molecule has 0 amide bonds. The van der Waals surface area contributed by atoms with Crippen molar-refractivity contribution in [1.29, 1.82) is 0 Å². The zero-order chi connectivity index (χ0) is 18.4. The maximum absolute atomic E-state index is 13.4. The SMILES string of the molecule is CCOP(=O)(OCC)[C@H](Nc1cc(Cl)cc(Cl)c1)c1ccc(Br)cc1. The van der Waals surface area contributed by atoms with E-state index >= 15 is 0 Å². The van der Waals surface area contributed by atoms with Gasteiger partial charge in [-0.1, -0.05) is 51.3 Å². The minimum absolute atomic E-state index is 0.266. The van der Waals surface area contributed by atoms with Crippen LogP contribution in [-0.4, -0.2) is 13.2 Å². The van der Waals surface area contributed by atoms with Crippen LogP contribution in [0.2, 0.25) is 10.0 Å². The molecule has 0 unspecified atom stereocenters. The molecule has 0 bridgehead atoms. The molecule has 2 rings (SSSR count). The molecule has 0 aliphatic heterocycles. The normalized spacial score (nSPS) is 12.8.